The summed E-state index contributed by atoms with van der Waals surface area (Å²) in [6.45, 7) is 5.75. The van der Waals surface area contributed by atoms with E-state index in [0.29, 0.717) is 5.57 Å². The van der Waals surface area contributed by atoms with E-state index in [1.807, 2.05) is 0 Å². The lowest BCUT2D eigenvalue weighted by Crippen LogP contribution is -2.07. The summed E-state index contributed by atoms with van der Waals surface area (Å²) in [4.78, 5) is 11.4. The predicted octanol–water partition coefficient (Wildman–Crippen LogP) is 5.60. The molecule has 3 heteroatoms. The van der Waals surface area contributed by atoms with Gasteiger partial charge in [0, 0.05) is 0 Å². The number of rotatable bonds is 13. The highest BCUT2D eigenvalue weighted by Crippen LogP contribution is 2.23. The van der Waals surface area contributed by atoms with Gasteiger partial charge in [-0.25, -0.2) is 4.79 Å². The Hall–Kier alpha value is -1.35. The van der Waals surface area contributed by atoms with Gasteiger partial charge in [-0.05, 0) is 32.1 Å². The number of aliphatic hydroxyl groups excluding tert-OH is 1. The smallest absolute Gasteiger partial charge is 0.341 e. The molecule has 1 aliphatic heterocycles. The monoisotopic (exact) mass is 334 g/mol. The highest BCUT2D eigenvalue weighted by Gasteiger charge is 2.32. The van der Waals surface area contributed by atoms with Crippen molar-refractivity contribution in [1.82, 2.24) is 0 Å². The molecule has 136 valence electrons. The molecule has 1 heterocycles. The third-order valence-electron chi connectivity index (χ3n) is 4.39. The molecule has 0 bridgehead atoms. The number of carbonyl (C=O) groups excluding carboxylic acids is 1. The average molecular weight is 335 g/mol. The van der Waals surface area contributed by atoms with Crippen molar-refractivity contribution in [3.63, 3.8) is 0 Å². The minimum atomic E-state index is -0.937. The Kier molecular flexibility index (Phi) is 11.2. The number of ether oxygens (including phenoxy) is 1. The van der Waals surface area contributed by atoms with E-state index in [4.69, 9.17) is 4.74 Å². The Morgan fingerprint density at radius 2 is 1.50 bits per heavy atom. The van der Waals surface area contributed by atoms with E-state index in [0.717, 1.165) is 12.8 Å². The topological polar surface area (TPSA) is 46.5 Å². The van der Waals surface area contributed by atoms with Gasteiger partial charge in [-0.2, -0.15) is 0 Å². The van der Waals surface area contributed by atoms with Crippen molar-refractivity contribution in [2.75, 3.05) is 0 Å². The molecule has 1 saturated heterocycles. The van der Waals surface area contributed by atoms with Gasteiger partial charge in [-0.15, -0.1) is 0 Å². The maximum absolute atomic E-state index is 11.4. The van der Waals surface area contributed by atoms with E-state index in [1.165, 1.54) is 64.2 Å². The van der Waals surface area contributed by atoms with Crippen molar-refractivity contribution in [2.45, 2.75) is 90.1 Å². The van der Waals surface area contributed by atoms with Crippen molar-refractivity contribution in [1.29, 1.82) is 0 Å². The molecule has 0 spiro atoms. The zero-order chi connectivity index (χ0) is 17.6. The second kappa shape index (κ2) is 13.0. The van der Waals surface area contributed by atoms with Crippen LogP contribution in [-0.4, -0.2) is 17.2 Å². The summed E-state index contributed by atoms with van der Waals surface area (Å²) in [5, 5.41) is 9.71. The molecule has 0 aliphatic carbocycles. The van der Waals surface area contributed by atoms with Gasteiger partial charge in [0.1, 0.15) is 11.9 Å². The molecule has 0 aromatic heterocycles. The number of aliphatic hydroxyl groups is 1. The molecule has 1 N–H and O–H groups in total. The number of carbonyl (C=O) groups is 1. The second-order valence-corrected chi connectivity index (χ2v) is 6.58. The highest BCUT2D eigenvalue weighted by molar-refractivity contribution is 5.93. The van der Waals surface area contributed by atoms with Crippen molar-refractivity contribution < 1.29 is 14.6 Å². The number of unbranched alkanes of at least 4 members (excludes halogenated alkanes) is 10. The molecule has 1 aliphatic rings. The molecule has 0 radical (unpaired) electrons. The molecule has 1 atom stereocenters. The van der Waals surface area contributed by atoms with Gasteiger partial charge in [0.25, 0.3) is 0 Å². The molecule has 1 unspecified atom stereocenters. The van der Waals surface area contributed by atoms with Gasteiger partial charge in [0.2, 0.25) is 0 Å². The fraction of sp³-hybridized carbons (Fsp3) is 0.667. The predicted molar refractivity (Wildman–Crippen MR) is 99.5 cm³/mol. The van der Waals surface area contributed by atoms with Crippen LogP contribution in [0.15, 0.2) is 36.1 Å². The summed E-state index contributed by atoms with van der Waals surface area (Å²) in [5.41, 5.74) is 0.354. The Morgan fingerprint density at radius 1 is 0.958 bits per heavy atom. The van der Waals surface area contributed by atoms with Gasteiger partial charge in [0.15, 0.2) is 0 Å². The van der Waals surface area contributed by atoms with Crippen LogP contribution >= 0.6 is 0 Å². The van der Waals surface area contributed by atoms with E-state index in [1.54, 1.807) is 6.08 Å². The Labute approximate surface area is 147 Å². The Balaban J connectivity index is 1.92. The first kappa shape index (κ1) is 20.7. The fourth-order valence-corrected chi connectivity index (χ4v) is 2.82. The van der Waals surface area contributed by atoms with Crippen molar-refractivity contribution in [3.05, 3.63) is 36.1 Å². The molecular formula is C21H34O3. The molecule has 0 amide bonds. The van der Waals surface area contributed by atoms with Crippen molar-refractivity contribution in [3.8, 4) is 0 Å². The van der Waals surface area contributed by atoms with Crippen LogP contribution in [0.2, 0.25) is 0 Å². The van der Waals surface area contributed by atoms with E-state index in [-0.39, 0.29) is 5.76 Å². The van der Waals surface area contributed by atoms with Gasteiger partial charge in [-0.3, -0.25) is 0 Å². The number of esters is 1. The van der Waals surface area contributed by atoms with E-state index < -0.39 is 12.1 Å². The summed E-state index contributed by atoms with van der Waals surface area (Å²) in [7, 11) is 0. The van der Waals surface area contributed by atoms with Gasteiger partial charge in [-0.1, -0.05) is 76.7 Å². The summed E-state index contributed by atoms with van der Waals surface area (Å²) in [6.07, 6.45) is 20.1. The van der Waals surface area contributed by atoms with Crippen molar-refractivity contribution >= 4 is 5.97 Å². The highest BCUT2D eigenvalue weighted by atomic mass is 16.6. The molecule has 0 aromatic carbocycles. The minimum Gasteiger partial charge on any atom is -0.425 e. The third kappa shape index (κ3) is 8.49. The molecule has 24 heavy (non-hydrogen) atoms. The van der Waals surface area contributed by atoms with Gasteiger partial charge in [0.05, 0.1) is 5.57 Å². The third-order valence-corrected chi connectivity index (χ3v) is 4.39. The van der Waals surface area contributed by atoms with Gasteiger partial charge < -0.3 is 9.84 Å². The molecule has 1 fully saturated rings. The lowest BCUT2D eigenvalue weighted by molar-refractivity contribution is -0.132. The molecule has 0 saturated carbocycles. The number of hydrogen-bond acceptors (Lipinski definition) is 3. The molecule has 0 aromatic rings. The number of hydrogen-bond donors (Lipinski definition) is 1. The summed E-state index contributed by atoms with van der Waals surface area (Å²) in [6, 6.07) is 0. The van der Waals surface area contributed by atoms with Crippen LogP contribution in [0, 0.1) is 0 Å². The molecule has 1 rings (SSSR count). The zero-order valence-electron chi connectivity index (χ0n) is 15.3. The maximum Gasteiger partial charge on any atom is 0.341 e. The Morgan fingerprint density at radius 3 is 2.04 bits per heavy atom. The summed E-state index contributed by atoms with van der Waals surface area (Å²) >= 11 is 0. The lowest BCUT2D eigenvalue weighted by atomic mass is 10.0. The van der Waals surface area contributed by atoms with E-state index in [2.05, 4.69) is 25.7 Å². The molecule has 3 nitrogen and oxygen atoms in total. The minimum absolute atomic E-state index is 0.145. The van der Waals surface area contributed by atoms with Gasteiger partial charge >= 0.3 is 5.97 Å². The first-order valence-electron chi connectivity index (χ1n) is 9.61. The number of cyclic esters (lactones) is 1. The fourth-order valence-electron chi connectivity index (χ4n) is 2.82. The lowest BCUT2D eigenvalue weighted by Gasteiger charge is -2.01. The number of allylic oxidation sites excluding steroid dienone is 3. The first-order valence-corrected chi connectivity index (χ1v) is 9.61. The van der Waals surface area contributed by atoms with Crippen LogP contribution in [-0.2, 0) is 9.53 Å². The van der Waals surface area contributed by atoms with E-state index >= 15 is 0 Å². The standard InChI is InChI=1S/C21H34O3/c1-3-4-5-6-7-8-9-10-11-12-13-14-15-16-17-19-20(22)18(2)24-21(19)23/h6-7,17,20,22H,2-5,8-16H2,1H3. The normalized spacial score (nSPS) is 19.6. The van der Waals surface area contributed by atoms with Crippen LogP contribution in [0.3, 0.4) is 0 Å². The first-order chi connectivity index (χ1) is 11.7. The van der Waals surface area contributed by atoms with Crippen molar-refractivity contribution in [2.24, 2.45) is 0 Å². The van der Waals surface area contributed by atoms with E-state index in [9.17, 15) is 9.90 Å². The summed E-state index contributed by atoms with van der Waals surface area (Å²) < 4.78 is 4.80. The Bertz CT molecular complexity index is 434. The molecular weight excluding hydrogens is 300 g/mol. The largest absolute Gasteiger partial charge is 0.425 e. The van der Waals surface area contributed by atoms with Crippen LogP contribution in [0.4, 0.5) is 0 Å². The van der Waals surface area contributed by atoms with Crippen LogP contribution in [0.5, 0.6) is 0 Å². The SMILES string of the molecule is C=C1OC(=O)C(=CCCCCCCCCCC=CCCCC)C1O. The van der Waals surface area contributed by atoms with Crippen LogP contribution in [0.25, 0.3) is 0 Å². The second-order valence-electron chi connectivity index (χ2n) is 6.58. The summed E-state index contributed by atoms with van der Waals surface area (Å²) in [5.74, 6) is -0.303. The van der Waals surface area contributed by atoms with Crippen LogP contribution in [0.1, 0.15) is 84.0 Å². The zero-order valence-corrected chi connectivity index (χ0v) is 15.3. The average Bonchev–Trinajstić information content (AvgIpc) is 2.81. The van der Waals surface area contributed by atoms with Crippen LogP contribution < -0.4 is 0 Å². The maximum atomic E-state index is 11.4. The quantitative estimate of drug-likeness (QED) is 0.206.